The molecule has 0 radical (unpaired) electrons. The second kappa shape index (κ2) is 10.7. The Bertz CT molecular complexity index is 609. The monoisotopic (exact) mass is 349 g/mol. The summed E-state index contributed by atoms with van der Waals surface area (Å²) in [5.74, 6) is 0.727. The van der Waals surface area contributed by atoms with E-state index in [0.717, 1.165) is 25.8 Å². The van der Waals surface area contributed by atoms with Crippen molar-refractivity contribution in [3.63, 3.8) is 0 Å². The van der Waals surface area contributed by atoms with Gasteiger partial charge in [-0.1, -0.05) is 80.6 Å². The molecule has 0 aliphatic rings. The molecule has 2 rings (SSSR count). The van der Waals surface area contributed by atoms with E-state index in [0.29, 0.717) is 12.3 Å². The van der Waals surface area contributed by atoms with E-state index in [4.69, 9.17) is 0 Å². The zero-order valence-electron chi connectivity index (χ0n) is 16.1. The molecule has 0 amide bonds. The summed E-state index contributed by atoms with van der Waals surface area (Å²) < 4.78 is 0. The molecule has 2 heteroatoms. The number of benzene rings is 2. The van der Waals surface area contributed by atoms with Crippen LogP contribution in [0, 0.1) is 11.8 Å². The summed E-state index contributed by atoms with van der Waals surface area (Å²) in [7, 11) is 0. The standard InChI is InChI=1S/C24H31NO/c1-4-23(15-16-26)24(17-20(2)3)25(18-21-11-7-5-8-12-21)19-22-13-9-6-10-14-22/h4-14,16,20,23-24H,1,15,17-19H2,2-3H3/t23-,24-/m0/s1. The number of aldehydes is 1. The molecular weight excluding hydrogens is 318 g/mol. The first-order valence-corrected chi connectivity index (χ1v) is 9.52. The van der Waals surface area contributed by atoms with Gasteiger partial charge in [-0.25, -0.2) is 0 Å². The molecular formula is C24H31NO. The van der Waals surface area contributed by atoms with Gasteiger partial charge in [-0.15, -0.1) is 6.58 Å². The minimum absolute atomic E-state index is 0.169. The highest BCUT2D eigenvalue weighted by atomic mass is 16.1. The Balaban J connectivity index is 2.32. The molecule has 0 heterocycles. The molecule has 0 aliphatic heterocycles. The lowest BCUT2D eigenvalue weighted by Gasteiger charge is -2.37. The lowest BCUT2D eigenvalue weighted by atomic mass is 9.88. The van der Waals surface area contributed by atoms with E-state index in [1.807, 2.05) is 6.08 Å². The maximum Gasteiger partial charge on any atom is 0.120 e. The molecule has 0 fully saturated rings. The van der Waals surface area contributed by atoms with E-state index in [1.165, 1.54) is 11.1 Å². The van der Waals surface area contributed by atoms with Crippen molar-refractivity contribution < 1.29 is 4.79 Å². The number of hydrogen-bond acceptors (Lipinski definition) is 2. The van der Waals surface area contributed by atoms with E-state index < -0.39 is 0 Å². The van der Waals surface area contributed by atoms with Crippen LogP contribution in [0.2, 0.25) is 0 Å². The third-order valence-electron chi connectivity index (χ3n) is 4.80. The van der Waals surface area contributed by atoms with Crippen LogP contribution in [0.5, 0.6) is 0 Å². The summed E-state index contributed by atoms with van der Waals surface area (Å²) in [6.07, 6.45) is 4.57. The highest BCUT2D eigenvalue weighted by Crippen LogP contribution is 2.26. The fourth-order valence-electron chi connectivity index (χ4n) is 3.53. The van der Waals surface area contributed by atoms with Gasteiger partial charge in [0.15, 0.2) is 0 Å². The van der Waals surface area contributed by atoms with Gasteiger partial charge in [-0.05, 0) is 29.4 Å². The van der Waals surface area contributed by atoms with E-state index in [2.05, 4.69) is 86.0 Å². The first kappa shape index (κ1) is 20.1. The summed E-state index contributed by atoms with van der Waals surface area (Å²) in [6, 6.07) is 21.4. The zero-order chi connectivity index (χ0) is 18.8. The average Bonchev–Trinajstić information content (AvgIpc) is 2.65. The maximum atomic E-state index is 11.2. The number of nitrogens with zero attached hydrogens (tertiary/aromatic N) is 1. The average molecular weight is 350 g/mol. The Hall–Kier alpha value is -2.19. The highest BCUT2D eigenvalue weighted by molar-refractivity contribution is 5.50. The molecule has 2 atom stereocenters. The molecule has 138 valence electrons. The van der Waals surface area contributed by atoms with Gasteiger partial charge in [0.1, 0.15) is 6.29 Å². The molecule has 26 heavy (non-hydrogen) atoms. The van der Waals surface area contributed by atoms with Crippen LogP contribution < -0.4 is 0 Å². The minimum Gasteiger partial charge on any atom is -0.303 e. The Morgan fingerprint density at radius 1 is 0.923 bits per heavy atom. The summed E-state index contributed by atoms with van der Waals surface area (Å²) in [5.41, 5.74) is 2.59. The zero-order valence-corrected chi connectivity index (χ0v) is 16.1. The predicted octanol–water partition coefficient (Wildman–Crippen LogP) is 5.49. The molecule has 0 unspecified atom stereocenters. The van der Waals surface area contributed by atoms with Crippen molar-refractivity contribution in [1.82, 2.24) is 4.90 Å². The number of rotatable bonds is 11. The second-order valence-corrected chi connectivity index (χ2v) is 7.38. The van der Waals surface area contributed by atoms with Gasteiger partial charge in [0.2, 0.25) is 0 Å². The van der Waals surface area contributed by atoms with Crippen molar-refractivity contribution in [3.05, 3.63) is 84.4 Å². The lowest BCUT2D eigenvalue weighted by Crippen LogP contribution is -2.40. The van der Waals surface area contributed by atoms with Crippen molar-refractivity contribution in [2.75, 3.05) is 0 Å². The fraction of sp³-hybridized carbons (Fsp3) is 0.375. The van der Waals surface area contributed by atoms with Crippen LogP contribution in [0.25, 0.3) is 0 Å². The second-order valence-electron chi connectivity index (χ2n) is 7.38. The number of carbonyl (C=O) groups excluding carboxylic acids is 1. The van der Waals surface area contributed by atoms with Gasteiger partial charge < -0.3 is 4.79 Å². The van der Waals surface area contributed by atoms with Gasteiger partial charge in [0.05, 0.1) is 0 Å². The molecule has 2 aromatic rings. The highest BCUT2D eigenvalue weighted by Gasteiger charge is 2.26. The predicted molar refractivity (Wildman–Crippen MR) is 110 cm³/mol. The van der Waals surface area contributed by atoms with E-state index in [9.17, 15) is 4.79 Å². The molecule has 0 bridgehead atoms. The summed E-state index contributed by atoms with van der Waals surface area (Å²) >= 11 is 0. The topological polar surface area (TPSA) is 20.3 Å². The molecule has 0 aromatic heterocycles. The van der Waals surface area contributed by atoms with Crippen molar-refractivity contribution in [2.24, 2.45) is 11.8 Å². The van der Waals surface area contributed by atoms with Crippen molar-refractivity contribution in [3.8, 4) is 0 Å². The number of hydrogen-bond donors (Lipinski definition) is 0. The number of carbonyl (C=O) groups is 1. The van der Waals surface area contributed by atoms with Gasteiger partial charge in [0.25, 0.3) is 0 Å². The lowest BCUT2D eigenvalue weighted by molar-refractivity contribution is -0.108. The smallest absolute Gasteiger partial charge is 0.120 e. The molecule has 0 spiro atoms. The molecule has 0 aliphatic carbocycles. The molecule has 0 saturated heterocycles. The Morgan fingerprint density at radius 3 is 1.81 bits per heavy atom. The summed E-state index contributed by atoms with van der Waals surface area (Å²) in [4.78, 5) is 13.8. The van der Waals surface area contributed by atoms with Crippen LogP contribution in [0.1, 0.15) is 37.8 Å². The van der Waals surface area contributed by atoms with Gasteiger partial charge in [-0.2, -0.15) is 0 Å². The SMILES string of the molecule is C=C[C@@H](CC=O)[C@H](CC(C)C)N(Cc1ccccc1)Cc1ccccc1. The first-order chi connectivity index (χ1) is 12.6. The third-order valence-corrected chi connectivity index (χ3v) is 4.80. The largest absolute Gasteiger partial charge is 0.303 e. The Kier molecular flexibility index (Phi) is 8.30. The van der Waals surface area contributed by atoms with Crippen LogP contribution in [-0.2, 0) is 17.9 Å². The summed E-state index contributed by atoms with van der Waals surface area (Å²) in [5, 5.41) is 0. The van der Waals surface area contributed by atoms with Crippen LogP contribution in [0.4, 0.5) is 0 Å². The van der Waals surface area contributed by atoms with Crippen LogP contribution in [0.15, 0.2) is 73.3 Å². The normalized spacial score (nSPS) is 13.5. The first-order valence-electron chi connectivity index (χ1n) is 9.52. The molecule has 2 nitrogen and oxygen atoms in total. The van der Waals surface area contributed by atoms with Gasteiger partial charge in [-0.3, -0.25) is 4.90 Å². The molecule has 0 N–H and O–H groups in total. The maximum absolute atomic E-state index is 11.2. The molecule has 0 saturated carbocycles. The van der Waals surface area contributed by atoms with E-state index in [-0.39, 0.29) is 12.0 Å². The minimum atomic E-state index is 0.169. The van der Waals surface area contributed by atoms with Crippen LogP contribution in [0.3, 0.4) is 0 Å². The van der Waals surface area contributed by atoms with Crippen molar-refractivity contribution in [1.29, 1.82) is 0 Å². The third kappa shape index (κ3) is 6.27. The van der Waals surface area contributed by atoms with Crippen LogP contribution >= 0.6 is 0 Å². The van der Waals surface area contributed by atoms with Gasteiger partial charge in [0, 0.05) is 25.6 Å². The Morgan fingerprint density at radius 2 is 1.42 bits per heavy atom. The van der Waals surface area contributed by atoms with Crippen molar-refractivity contribution >= 4 is 6.29 Å². The van der Waals surface area contributed by atoms with E-state index >= 15 is 0 Å². The Labute approximate surface area is 158 Å². The van der Waals surface area contributed by atoms with E-state index in [1.54, 1.807) is 0 Å². The molecule has 2 aromatic carbocycles. The van der Waals surface area contributed by atoms with Gasteiger partial charge >= 0.3 is 0 Å². The summed E-state index contributed by atoms with van der Waals surface area (Å²) in [6.45, 7) is 10.3. The van der Waals surface area contributed by atoms with Crippen LogP contribution in [-0.4, -0.2) is 17.2 Å². The fourth-order valence-corrected chi connectivity index (χ4v) is 3.53. The van der Waals surface area contributed by atoms with Crippen molar-refractivity contribution in [2.45, 2.75) is 45.8 Å². The quantitative estimate of drug-likeness (QED) is 0.395.